The number of piperazine rings is 1. The number of nitrogens with zero attached hydrogens (tertiary/aromatic N) is 4. The fraction of sp³-hybridized carbons (Fsp3) is 0.294. The lowest BCUT2D eigenvalue weighted by atomic mass is 9.96. The third kappa shape index (κ3) is 5.28. The molecule has 5 rings (SSSR count). The van der Waals surface area contributed by atoms with E-state index in [2.05, 4.69) is 16.9 Å². The third-order valence-electron chi connectivity index (χ3n) is 8.35. The van der Waals surface area contributed by atoms with Crippen LogP contribution in [0.25, 0.3) is 27.7 Å². The van der Waals surface area contributed by atoms with E-state index < -0.39 is 40.0 Å². The highest BCUT2D eigenvalue weighted by atomic mass is 35.5. The molecule has 2 N–H and O–H groups in total. The molecular weight excluding hydrogens is 616 g/mol. The second-order valence-corrected chi connectivity index (χ2v) is 12.0. The lowest BCUT2D eigenvalue weighted by Gasteiger charge is -2.41. The molecule has 0 aliphatic carbocycles. The molecule has 2 amide bonds. The highest BCUT2D eigenvalue weighted by molar-refractivity contribution is 6.34. The van der Waals surface area contributed by atoms with Crippen molar-refractivity contribution >= 4 is 40.0 Å². The number of pyridine rings is 2. The van der Waals surface area contributed by atoms with Gasteiger partial charge in [0.1, 0.15) is 17.1 Å². The molecule has 2 aromatic heterocycles. The Bertz CT molecular complexity index is 1960. The summed E-state index contributed by atoms with van der Waals surface area (Å²) >= 11 is 6.73. The van der Waals surface area contributed by atoms with Crippen LogP contribution in [0.15, 0.2) is 54.0 Å². The minimum atomic E-state index is -1.07. The highest BCUT2D eigenvalue weighted by Crippen LogP contribution is 2.44. The van der Waals surface area contributed by atoms with Gasteiger partial charge in [0.2, 0.25) is 5.91 Å². The van der Waals surface area contributed by atoms with Crippen molar-refractivity contribution < 1.29 is 23.5 Å². The molecule has 4 aromatic rings. The molecule has 0 spiro atoms. The van der Waals surface area contributed by atoms with Crippen molar-refractivity contribution in [1.29, 1.82) is 0 Å². The molecule has 0 unspecified atom stereocenters. The van der Waals surface area contributed by atoms with Crippen LogP contribution in [0.1, 0.15) is 48.3 Å². The summed E-state index contributed by atoms with van der Waals surface area (Å²) < 4.78 is 33.6. The van der Waals surface area contributed by atoms with Crippen LogP contribution in [-0.2, 0) is 4.79 Å². The van der Waals surface area contributed by atoms with E-state index in [0.29, 0.717) is 11.3 Å². The zero-order chi connectivity index (χ0) is 33.6. The van der Waals surface area contributed by atoms with Crippen LogP contribution in [-0.4, -0.2) is 64.1 Å². The second kappa shape index (κ2) is 12.6. The Kier molecular flexibility index (Phi) is 8.90. The molecular formula is C34H34ClF2N5O4. The average Bonchev–Trinajstić information content (AvgIpc) is 3.01. The normalized spacial score (nSPS) is 15.0. The molecule has 9 nitrogen and oxygen atoms in total. The molecule has 0 radical (unpaired) electrons. The first-order valence-corrected chi connectivity index (χ1v) is 15.2. The summed E-state index contributed by atoms with van der Waals surface area (Å²) in [6.45, 7) is 11.5. The van der Waals surface area contributed by atoms with Crippen LogP contribution >= 0.6 is 11.6 Å². The van der Waals surface area contributed by atoms with Crippen molar-refractivity contribution in [3.8, 4) is 22.6 Å². The van der Waals surface area contributed by atoms with Gasteiger partial charge in [-0.3, -0.25) is 23.9 Å². The van der Waals surface area contributed by atoms with Crippen molar-refractivity contribution in [2.24, 2.45) is 0 Å². The smallest absolute Gasteiger partial charge is 0.270 e. The van der Waals surface area contributed by atoms with E-state index in [1.54, 1.807) is 29.0 Å². The predicted molar refractivity (Wildman–Crippen MR) is 175 cm³/mol. The Morgan fingerprint density at radius 3 is 2.50 bits per heavy atom. The van der Waals surface area contributed by atoms with Crippen molar-refractivity contribution in [2.45, 2.75) is 39.7 Å². The number of carbonyl (C=O) groups excluding carboxylic acids is 2. The van der Waals surface area contributed by atoms with Crippen molar-refractivity contribution in [1.82, 2.24) is 19.8 Å². The Labute approximate surface area is 269 Å². The summed E-state index contributed by atoms with van der Waals surface area (Å²) in [6.07, 6.45) is 2.80. The zero-order valence-corrected chi connectivity index (χ0v) is 26.9. The van der Waals surface area contributed by atoms with Crippen LogP contribution in [0, 0.1) is 18.6 Å². The molecule has 2 aromatic carbocycles. The van der Waals surface area contributed by atoms with Gasteiger partial charge in [-0.05, 0) is 55.7 Å². The number of fused-ring (bicyclic) bond motifs is 1. The van der Waals surface area contributed by atoms with E-state index in [1.165, 1.54) is 31.3 Å². The fourth-order valence-corrected chi connectivity index (χ4v) is 6.49. The molecule has 12 heteroatoms. The maximum absolute atomic E-state index is 17.3. The monoisotopic (exact) mass is 649 g/mol. The Balaban J connectivity index is 2.00. The van der Waals surface area contributed by atoms with E-state index in [0.717, 1.165) is 10.6 Å². The Morgan fingerprint density at radius 1 is 1.17 bits per heavy atom. The first-order chi connectivity index (χ1) is 21.8. The number of benzene rings is 2. The molecule has 1 fully saturated rings. The van der Waals surface area contributed by atoms with Gasteiger partial charge >= 0.3 is 0 Å². The van der Waals surface area contributed by atoms with Crippen LogP contribution in [0.3, 0.4) is 0 Å². The summed E-state index contributed by atoms with van der Waals surface area (Å²) in [5, 5.41) is 13.0. The second-order valence-electron chi connectivity index (χ2n) is 11.6. The number of halogens is 3. The van der Waals surface area contributed by atoms with Gasteiger partial charge in [0.25, 0.3) is 11.5 Å². The number of aromatic nitrogens is 2. The van der Waals surface area contributed by atoms with E-state index in [4.69, 9.17) is 11.6 Å². The number of anilines is 1. The summed E-state index contributed by atoms with van der Waals surface area (Å²) in [7, 11) is 1.38. The standard InChI is InChI=1S/C34H34ClF2N5O4/c1-7-24(44)41-14-13-40(16-19(41)5)31-20-15-21(35)25(26-22(36)9-8-10-23(26)43)28(37)32(20)42(34(46)27(31)33(45)38-6)30-18(4)11-12-39-29(30)17(2)3/h7-12,15,17,19,43H,1,13-14,16H2,2-6H3,(H,38,45)/t19-/m1/s1. The van der Waals surface area contributed by atoms with Crippen LogP contribution < -0.4 is 15.8 Å². The predicted octanol–water partition coefficient (Wildman–Crippen LogP) is 5.70. The minimum Gasteiger partial charge on any atom is -0.507 e. The zero-order valence-electron chi connectivity index (χ0n) is 26.1. The summed E-state index contributed by atoms with van der Waals surface area (Å²) in [5.74, 6) is -3.75. The van der Waals surface area contributed by atoms with Gasteiger partial charge in [-0.25, -0.2) is 8.78 Å². The SMILES string of the molecule is C=CC(=O)N1CCN(c2c(C(=O)NC)c(=O)n(-c3c(C)ccnc3C(C)C)c3c(F)c(-c4c(O)cccc4F)c(Cl)cc23)C[C@H]1C. The topological polar surface area (TPSA) is 108 Å². The molecule has 0 saturated carbocycles. The van der Waals surface area contributed by atoms with E-state index >= 15 is 8.78 Å². The molecule has 1 aliphatic heterocycles. The number of hydrogen-bond acceptors (Lipinski definition) is 6. The third-order valence-corrected chi connectivity index (χ3v) is 8.64. The van der Waals surface area contributed by atoms with Crippen LogP contribution in [0.4, 0.5) is 14.5 Å². The maximum atomic E-state index is 17.3. The molecule has 3 heterocycles. The van der Waals surface area contributed by atoms with Gasteiger partial charge < -0.3 is 20.2 Å². The first-order valence-electron chi connectivity index (χ1n) is 14.8. The van der Waals surface area contributed by atoms with E-state index in [-0.39, 0.29) is 70.4 Å². The summed E-state index contributed by atoms with van der Waals surface area (Å²) in [6, 6.07) is 6.23. The van der Waals surface area contributed by atoms with Gasteiger partial charge in [0.15, 0.2) is 5.82 Å². The number of aryl methyl sites for hydroxylation is 1. The van der Waals surface area contributed by atoms with Gasteiger partial charge in [-0.1, -0.05) is 38.1 Å². The maximum Gasteiger partial charge on any atom is 0.270 e. The Morgan fingerprint density at radius 2 is 1.89 bits per heavy atom. The molecule has 1 aliphatic rings. The summed E-state index contributed by atoms with van der Waals surface area (Å²) in [5.41, 5.74) is -0.859. The number of phenolic OH excluding ortho intramolecular Hbond substituents is 1. The molecule has 1 atom stereocenters. The van der Waals surface area contributed by atoms with E-state index in [9.17, 15) is 19.5 Å². The van der Waals surface area contributed by atoms with E-state index in [1.807, 2.05) is 20.8 Å². The molecule has 46 heavy (non-hydrogen) atoms. The number of aromatic hydroxyl groups is 1. The number of rotatable bonds is 6. The number of phenols is 1. The van der Waals surface area contributed by atoms with Crippen molar-refractivity contribution in [3.63, 3.8) is 0 Å². The van der Waals surface area contributed by atoms with Gasteiger partial charge in [0.05, 0.1) is 33.2 Å². The number of hydrogen-bond donors (Lipinski definition) is 2. The quantitative estimate of drug-likeness (QED) is 0.260. The van der Waals surface area contributed by atoms with Crippen LogP contribution in [0.2, 0.25) is 5.02 Å². The fourth-order valence-electron chi connectivity index (χ4n) is 6.21. The molecule has 240 valence electrons. The average molecular weight is 650 g/mol. The number of amides is 2. The Hall–Kier alpha value is -4.77. The molecule has 1 saturated heterocycles. The van der Waals surface area contributed by atoms with Gasteiger partial charge in [0, 0.05) is 49.9 Å². The molecule has 0 bridgehead atoms. The summed E-state index contributed by atoms with van der Waals surface area (Å²) in [4.78, 5) is 48.7. The van der Waals surface area contributed by atoms with Gasteiger partial charge in [-0.15, -0.1) is 0 Å². The van der Waals surface area contributed by atoms with Gasteiger partial charge in [-0.2, -0.15) is 0 Å². The van der Waals surface area contributed by atoms with Crippen molar-refractivity contribution in [2.75, 3.05) is 31.6 Å². The van der Waals surface area contributed by atoms with Crippen LogP contribution in [0.5, 0.6) is 5.75 Å². The first kappa shape index (κ1) is 32.6. The lowest BCUT2D eigenvalue weighted by molar-refractivity contribution is -0.128. The van der Waals surface area contributed by atoms with Crippen molar-refractivity contribution in [3.05, 3.63) is 93.0 Å². The highest BCUT2D eigenvalue weighted by Gasteiger charge is 2.35. The number of carbonyl (C=O) groups is 2. The minimum absolute atomic E-state index is 0.105. The lowest BCUT2D eigenvalue weighted by Crippen LogP contribution is -2.54. The number of nitrogens with one attached hydrogen (secondary N) is 1. The largest absolute Gasteiger partial charge is 0.507 e.